The Kier molecular flexibility index (Phi) is 3.97. The fourth-order valence-corrected chi connectivity index (χ4v) is 2.40. The van der Waals surface area contributed by atoms with Crippen LogP contribution in [-0.4, -0.2) is 33.3 Å². The molecule has 0 bridgehead atoms. The molecule has 0 aromatic heterocycles. The average molecular weight is 248 g/mol. The maximum Gasteiger partial charge on any atom is 0.336 e. The van der Waals surface area contributed by atoms with E-state index in [-0.39, 0.29) is 11.6 Å². The van der Waals surface area contributed by atoms with Crippen molar-refractivity contribution in [1.82, 2.24) is 0 Å². The van der Waals surface area contributed by atoms with Crippen LogP contribution in [0.15, 0.2) is 24.3 Å². The number of hydrogen-bond acceptors (Lipinski definition) is 2. The molecule has 0 radical (unpaired) electrons. The summed E-state index contributed by atoms with van der Waals surface area (Å²) in [7, 11) is 0. The molecule has 0 unspecified atom stereocenters. The van der Waals surface area contributed by atoms with Gasteiger partial charge in [-0.25, -0.2) is 4.79 Å². The van der Waals surface area contributed by atoms with Crippen LogP contribution >= 0.6 is 0 Å². The number of hydrogen-bond donors (Lipinski definition) is 2. The van der Waals surface area contributed by atoms with Gasteiger partial charge in [0.05, 0.1) is 11.1 Å². The quantitative estimate of drug-likeness (QED) is 0.374. The van der Waals surface area contributed by atoms with Crippen molar-refractivity contribution < 1.29 is 19.8 Å². The number of carboxylic acid groups (broad SMARTS) is 1. The van der Waals surface area contributed by atoms with Gasteiger partial charge in [-0.1, -0.05) is 18.6 Å². The summed E-state index contributed by atoms with van der Waals surface area (Å²) in [5.41, 5.74) is 0.755. The number of carbonyl (C=O) groups is 1. The average Bonchev–Trinajstić information content (AvgIpc) is 2.40. The summed E-state index contributed by atoms with van der Waals surface area (Å²) in [5.74, 6) is -0.973. The van der Waals surface area contributed by atoms with Crippen molar-refractivity contribution in [2.24, 2.45) is 0 Å². The van der Waals surface area contributed by atoms with E-state index in [4.69, 9.17) is 5.11 Å². The largest absolute Gasteiger partial charge is 0.478 e. The van der Waals surface area contributed by atoms with Crippen molar-refractivity contribution in [3.8, 4) is 0 Å². The summed E-state index contributed by atoms with van der Waals surface area (Å²) >= 11 is 0. The molecule has 1 aromatic carbocycles. The Morgan fingerprint density at radius 2 is 1.89 bits per heavy atom. The lowest BCUT2D eigenvalue weighted by atomic mass is 9.96. The molecule has 1 fully saturated rings. The second kappa shape index (κ2) is 5.67. The van der Waals surface area contributed by atoms with Crippen molar-refractivity contribution in [3.05, 3.63) is 35.4 Å². The number of aromatic carboxylic acids is 1. The molecule has 2 N–H and O–H groups in total. The zero-order chi connectivity index (χ0) is 13.0. The molecule has 4 nitrogen and oxygen atoms in total. The second-order valence-electron chi connectivity index (χ2n) is 4.69. The van der Waals surface area contributed by atoms with Crippen molar-refractivity contribution >= 4 is 12.2 Å². The lowest BCUT2D eigenvalue weighted by Crippen LogP contribution is -2.27. The van der Waals surface area contributed by atoms with Crippen molar-refractivity contribution in [3.63, 3.8) is 0 Å². The molecule has 0 aliphatic heterocycles. The van der Waals surface area contributed by atoms with Gasteiger partial charge in [-0.05, 0) is 29.7 Å². The smallest absolute Gasteiger partial charge is 0.336 e. The van der Waals surface area contributed by atoms with E-state index in [0.29, 0.717) is 5.56 Å². The minimum atomic E-state index is -0.973. The van der Waals surface area contributed by atoms with Gasteiger partial charge < -0.3 is 5.11 Å². The van der Waals surface area contributed by atoms with Gasteiger partial charge in [-0.2, -0.15) is 0 Å². The third-order valence-electron chi connectivity index (χ3n) is 3.41. The number of benzene rings is 1. The highest BCUT2D eigenvalue weighted by atomic mass is 16.5. The molecular formula is C14H18NO3+. The Morgan fingerprint density at radius 3 is 2.56 bits per heavy atom. The highest BCUT2D eigenvalue weighted by Gasteiger charge is 2.24. The molecule has 0 amide bonds. The fraction of sp³-hybridized carbons (Fsp3) is 0.429. The van der Waals surface area contributed by atoms with Crippen molar-refractivity contribution in [2.45, 2.75) is 38.1 Å². The first-order chi connectivity index (χ1) is 8.68. The van der Waals surface area contributed by atoms with Crippen LogP contribution < -0.4 is 0 Å². The van der Waals surface area contributed by atoms with Crippen LogP contribution in [0.25, 0.3) is 0 Å². The molecule has 4 heteroatoms. The van der Waals surface area contributed by atoms with Gasteiger partial charge >= 0.3 is 5.97 Å². The third-order valence-corrected chi connectivity index (χ3v) is 3.41. The molecule has 0 heterocycles. The summed E-state index contributed by atoms with van der Waals surface area (Å²) < 4.78 is 1.18. The highest BCUT2D eigenvalue weighted by molar-refractivity contribution is 5.97. The van der Waals surface area contributed by atoms with Gasteiger partial charge in [-0.3, -0.25) is 5.21 Å². The van der Waals surface area contributed by atoms with Crippen LogP contribution in [0.4, 0.5) is 0 Å². The predicted octanol–water partition coefficient (Wildman–Crippen LogP) is 2.54. The van der Waals surface area contributed by atoms with Crippen LogP contribution in [0.3, 0.4) is 0 Å². The second-order valence-corrected chi connectivity index (χ2v) is 4.69. The standard InChI is InChI=1S/C14H17NO3/c16-14(17)13-9-5-4-6-11(13)10-15(18)12-7-2-1-3-8-12/h4-6,9-10,12H,1-3,7-8H2,(H-,16,17,18)/p+1/b15-10-. The Labute approximate surface area is 106 Å². The molecule has 1 aromatic rings. The summed E-state index contributed by atoms with van der Waals surface area (Å²) in [6.07, 6.45) is 6.91. The first kappa shape index (κ1) is 12.6. The van der Waals surface area contributed by atoms with Crippen LogP contribution in [0, 0.1) is 0 Å². The van der Waals surface area contributed by atoms with E-state index in [1.807, 2.05) is 0 Å². The molecule has 2 rings (SSSR count). The summed E-state index contributed by atoms with van der Waals surface area (Å²) in [6.45, 7) is 0. The molecule has 1 saturated carbocycles. The molecule has 1 aliphatic carbocycles. The number of hydroxylamine groups is 1. The summed E-state index contributed by atoms with van der Waals surface area (Å²) in [4.78, 5) is 11.1. The zero-order valence-electron chi connectivity index (χ0n) is 10.2. The molecule has 1 aliphatic rings. The normalized spacial score (nSPS) is 17.7. The minimum absolute atomic E-state index is 0.112. The van der Waals surface area contributed by atoms with Gasteiger partial charge in [-0.15, -0.1) is 0 Å². The maximum atomic E-state index is 11.1. The Morgan fingerprint density at radius 1 is 1.22 bits per heavy atom. The molecule has 0 atom stereocenters. The molecule has 0 spiro atoms. The van der Waals surface area contributed by atoms with Crippen molar-refractivity contribution in [1.29, 1.82) is 0 Å². The predicted molar refractivity (Wildman–Crippen MR) is 67.5 cm³/mol. The lowest BCUT2D eigenvalue weighted by molar-refractivity contribution is -0.797. The van der Waals surface area contributed by atoms with E-state index >= 15 is 0 Å². The fourth-order valence-electron chi connectivity index (χ4n) is 2.40. The molecular weight excluding hydrogens is 230 g/mol. The SMILES string of the molecule is O=C(O)c1ccccc1/C=[N+](\O)C1CCCCC1. The van der Waals surface area contributed by atoms with E-state index in [1.54, 1.807) is 24.3 Å². The molecule has 96 valence electrons. The Hall–Kier alpha value is -1.84. The summed E-state index contributed by atoms with van der Waals surface area (Å²) in [5, 5.41) is 19.1. The van der Waals surface area contributed by atoms with Crippen LogP contribution in [0.5, 0.6) is 0 Å². The number of carboxylic acids is 1. The zero-order valence-corrected chi connectivity index (χ0v) is 10.2. The van der Waals surface area contributed by atoms with Gasteiger partial charge in [0, 0.05) is 12.8 Å². The first-order valence-corrected chi connectivity index (χ1v) is 6.33. The molecule has 0 saturated heterocycles. The summed E-state index contributed by atoms with van der Waals surface area (Å²) in [6, 6.07) is 6.81. The minimum Gasteiger partial charge on any atom is -0.478 e. The van der Waals surface area contributed by atoms with E-state index in [1.165, 1.54) is 17.4 Å². The van der Waals surface area contributed by atoms with E-state index in [9.17, 15) is 10.0 Å². The monoisotopic (exact) mass is 248 g/mol. The highest BCUT2D eigenvalue weighted by Crippen LogP contribution is 2.19. The van der Waals surface area contributed by atoms with Gasteiger partial charge in [0.2, 0.25) is 12.3 Å². The van der Waals surface area contributed by atoms with Crippen LogP contribution in [0.1, 0.15) is 48.0 Å². The van der Waals surface area contributed by atoms with Crippen molar-refractivity contribution in [2.75, 3.05) is 0 Å². The maximum absolute atomic E-state index is 11.1. The number of nitrogens with zero attached hydrogens (tertiary/aromatic N) is 1. The van der Waals surface area contributed by atoms with Gasteiger partial charge in [0.1, 0.15) is 0 Å². The topological polar surface area (TPSA) is 60.5 Å². The van der Waals surface area contributed by atoms with Crippen LogP contribution in [0.2, 0.25) is 0 Å². The number of rotatable bonds is 3. The van der Waals surface area contributed by atoms with Gasteiger partial charge in [0.15, 0.2) is 0 Å². The first-order valence-electron chi connectivity index (χ1n) is 6.33. The Balaban J connectivity index is 2.23. The lowest BCUT2D eigenvalue weighted by Gasteiger charge is -2.15. The van der Waals surface area contributed by atoms with Crippen LogP contribution in [-0.2, 0) is 0 Å². The Bertz CT molecular complexity index is 462. The molecule has 18 heavy (non-hydrogen) atoms. The van der Waals surface area contributed by atoms with Gasteiger partial charge in [0.25, 0.3) is 0 Å². The van der Waals surface area contributed by atoms with E-state index in [2.05, 4.69) is 0 Å². The third kappa shape index (κ3) is 2.88. The van der Waals surface area contributed by atoms with E-state index in [0.717, 1.165) is 25.7 Å². The van der Waals surface area contributed by atoms with E-state index < -0.39 is 5.97 Å².